The fourth-order valence-corrected chi connectivity index (χ4v) is 3.84. The number of hydrogen-bond acceptors (Lipinski definition) is 3. The van der Waals surface area contributed by atoms with Gasteiger partial charge >= 0.3 is 0 Å². The molecule has 2 aliphatic rings. The van der Waals surface area contributed by atoms with E-state index in [4.69, 9.17) is 9.41 Å². The Morgan fingerprint density at radius 3 is 2.50 bits per heavy atom. The van der Waals surface area contributed by atoms with Crippen LogP contribution in [0.1, 0.15) is 35.9 Å². The van der Waals surface area contributed by atoms with Crippen molar-refractivity contribution in [3.05, 3.63) is 59.8 Å². The normalized spacial score (nSPS) is 18.0. The molecule has 8 heteroatoms. The van der Waals surface area contributed by atoms with Crippen LogP contribution < -0.4 is 5.32 Å². The van der Waals surface area contributed by atoms with Crippen molar-refractivity contribution in [1.29, 1.82) is 0 Å². The molecule has 2 heterocycles. The molecule has 0 bridgehead atoms. The summed E-state index contributed by atoms with van der Waals surface area (Å²) < 4.78 is 18.9. The number of rotatable bonds is 5. The summed E-state index contributed by atoms with van der Waals surface area (Å²) in [6.07, 6.45) is 3.58. The highest BCUT2D eigenvalue weighted by Crippen LogP contribution is 2.48. The van der Waals surface area contributed by atoms with Gasteiger partial charge in [0.1, 0.15) is 5.82 Å². The van der Waals surface area contributed by atoms with Gasteiger partial charge in [0.2, 0.25) is 0 Å². The molecular weight excluding hydrogens is 498 g/mol. The number of nitrogens with zero attached hydrogens (tertiary/aromatic N) is 3. The van der Waals surface area contributed by atoms with Crippen molar-refractivity contribution < 1.29 is 13.6 Å². The van der Waals surface area contributed by atoms with Gasteiger partial charge in [-0.25, -0.2) is 4.39 Å². The molecule has 1 aromatic carbocycles. The predicted octanol–water partition coefficient (Wildman–Crippen LogP) is 3.49. The Kier molecular flexibility index (Phi) is 7.38. The van der Waals surface area contributed by atoms with Crippen molar-refractivity contribution in [1.82, 2.24) is 15.1 Å². The quantitative estimate of drug-likeness (QED) is 0.368. The van der Waals surface area contributed by atoms with Crippen LogP contribution in [0.25, 0.3) is 0 Å². The lowest BCUT2D eigenvalue weighted by Crippen LogP contribution is -2.53. The van der Waals surface area contributed by atoms with Gasteiger partial charge in [0, 0.05) is 38.1 Å². The van der Waals surface area contributed by atoms with Gasteiger partial charge in [-0.3, -0.25) is 9.79 Å². The number of nitrogens with one attached hydrogen (secondary N) is 1. The number of benzene rings is 1. The number of furan rings is 1. The maximum atomic E-state index is 13.6. The lowest BCUT2D eigenvalue weighted by Gasteiger charge is -2.36. The van der Waals surface area contributed by atoms with E-state index in [2.05, 4.69) is 10.2 Å². The fraction of sp³-hybridized carbons (Fsp3) is 0.455. The first-order chi connectivity index (χ1) is 14.1. The number of carbonyl (C=O) groups excluding carboxylic acids is 1. The van der Waals surface area contributed by atoms with Crippen LogP contribution in [0.5, 0.6) is 0 Å². The molecule has 1 aromatic heterocycles. The minimum absolute atomic E-state index is 0. The third-order valence-corrected chi connectivity index (χ3v) is 5.76. The summed E-state index contributed by atoms with van der Waals surface area (Å²) in [7, 11) is 0. The van der Waals surface area contributed by atoms with E-state index in [-0.39, 0.29) is 41.1 Å². The zero-order valence-corrected chi connectivity index (χ0v) is 19.5. The predicted molar refractivity (Wildman–Crippen MR) is 125 cm³/mol. The zero-order chi connectivity index (χ0) is 20.3. The Bertz CT molecular complexity index is 875. The van der Waals surface area contributed by atoms with Gasteiger partial charge in [-0.05, 0) is 49.6 Å². The van der Waals surface area contributed by atoms with Crippen LogP contribution in [0.15, 0.2) is 52.1 Å². The molecule has 2 aromatic rings. The van der Waals surface area contributed by atoms with E-state index in [1.807, 2.05) is 17.9 Å². The number of aliphatic imine (C=N–C) groups is 1. The summed E-state index contributed by atoms with van der Waals surface area (Å²) in [5.41, 5.74) is 0.991. The smallest absolute Gasteiger partial charge is 0.289 e. The van der Waals surface area contributed by atoms with Gasteiger partial charge in [0.05, 0.1) is 12.8 Å². The molecule has 1 N–H and O–H groups in total. The summed E-state index contributed by atoms with van der Waals surface area (Å²) in [6, 6.07) is 10.3. The first-order valence-corrected chi connectivity index (χ1v) is 10.2. The summed E-state index contributed by atoms with van der Waals surface area (Å²) in [5, 5.41) is 3.37. The van der Waals surface area contributed by atoms with E-state index in [0.717, 1.165) is 30.9 Å². The van der Waals surface area contributed by atoms with Gasteiger partial charge in [0.15, 0.2) is 11.7 Å². The molecule has 4 rings (SSSR count). The number of amides is 1. The van der Waals surface area contributed by atoms with E-state index in [1.165, 1.54) is 12.3 Å². The average molecular weight is 526 g/mol. The van der Waals surface area contributed by atoms with Gasteiger partial charge in [-0.15, -0.1) is 24.0 Å². The molecule has 6 nitrogen and oxygen atoms in total. The lowest BCUT2D eigenvalue weighted by molar-refractivity contribution is 0.0657. The van der Waals surface area contributed by atoms with Gasteiger partial charge in [-0.2, -0.15) is 0 Å². The zero-order valence-electron chi connectivity index (χ0n) is 17.1. The third-order valence-electron chi connectivity index (χ3n) is 5.76. The molecule has 0 radical (unpaired) electrons. The molecule has 1 saturated carbocycles. The summed E-state index contributed by atoms with van der Waals surface area (Å²) >= 11 is 0. The topological polar surface area (TPSA) is 61.1 Å². The lowest BCUT2D eigenvalue weighted by atomic mass is 9.96. The van der Waals surface area contributed by atoms with Gasteiger partial charge < -0.3 is 19.5 Å². The molecule has 0 atom stereocenters. The molecule has 1 aliphatic heterocycles. The number of piperazine rings is 1. The van der Waals surface area contributed by atoms with Crippen molar-refractivity contribution in [2.75, 3.05) is 39.3 Å². The highest BCUT2D eigenvalue weighted by Gasteiger charge is 2.44. The Balaban J connectivity index is 0.00000256. The summed E-state index contributed by atoms with van der Waals surface area (Å²) in [4.78, 5) is 21.3. The van der Waals surface area contributed by atoms with Crippen LogP contribution in [0.4, 0.5) is 4.39 Å². The van der Waals surface area contributed by atoms with E-state index in [1.54, 1.807) is 24.3 Å². The monoisotopic (exact) mass is 526 g/mol. The number of hydrogen-bond donors (Lipinski definition) is 1. The Hall–Kier alpha value is -2.10. The Labute approximate surface area is 193 Å². The van der Waals surface area contributed by atoms with Crippen molar-refractivity contribution in [3.63, 3.8) is 0 Å². The van der Waals surface area contributed by atoms with E-state index >= 15 is 0 Å². The molecule has 0 spiro atoms. The van der Waals surface area contributed by atoms with Crippen molar-refractivity contribution in [3.8, 4) is 0 Å². The first kappa shape index (κ1) is 22.6. The molecule has 162 valence electrons. The second-order valence-corrected chi connectivity index (χ2v) is 7.72. The van der Waals surface area contributed by atoms with Gasteiger partial charge in [0.25, 0.3) is 5.91 Å². The van der Waals surface area contributed by atoms with E-state index in [9.17, 15) is 9.18 Å². The van der Waals surface area contributed by atoms with Crippen molar-refractivity contribution in [2.45, 2.75) is 25.2 Å². The third kappa shape index (κ3) is 4.96. The van der Waals surface area contributed by atoms with Crippen LogP contribution in [-0.2, 0) is 5.41 Å². The van der Waals surface area contributed by atoms with Crippen molar-refractivity contribution in [2.24, 2.45) is 4.99 Å². The molecule has 30 heavy (non-hydrogen) atoms. The summed E-state index contributed by atoms with van der Waals surface area (Å²) in [5.74, 6) is 0.978. The van der Waals surface area contributed by atoms with E-state index < -0.39 is 0 Å². The van der Waals surface area contributed by atoms with E-state index in [0.29, 0.717) is 38.5 Å². The highest BCUT2D eigenvalue weighted by molar-refractivity contribution is 14.0. The molecule has 1 amide bonds. The second-order valence-electron chi connectivity index (χ2n) is 7.72. The van der Waals surface area contributed by atoms with Crippen molar-refractivity contribution >= 4 is 35.8 Å². The highest BCUT2D eigenvalue weighted by atomic mass is 127. The van der Waals surface area contributed by atoms with Crippen LogP contribution in [0, 0.1) is 5.82 Å². The Morgan fingerprint density at radius 1 is 1.17 bits per heavy atom. The number of carbonyl (C=O) groups is 1. The molecular formula is C22H28FIN4O2. The maximum Gasteiger partial charge on any atom is 0.289 e. The minimum Gasteiger partial charge on any atom is -0.459 e. The molecule has 1 saturated heterocycles. The van der Waals surface area contributed by atoms with Crippen LogP contribution in [-0.4, -0.2) is 60.9 Å². The van der Waals surface area contributed by atoms with Gasteiger partial charge in [-0.1, -0.05) is 12.1 Å². The number of guanidine groups is 1. The minimum atomic E-state index is -0.193. The SMILES string of the molecule is CCNC(=NCC1(c2cccc(F)c2)CC1)N1CCN(C(=O)c2ccco2)CC1.I. The van der Waals surface area contributed by atoms with Crippen LogP contribution >= 0.6 is 24.0 Å². The molecule has 1 aliphatic carbocycles. The second kappa shape index (κ2) is 9.80. The maximum absolute atomic E-state index is 13.6. The van der Waals surface area contributed by atoms with Crippen LogP contribution in [0.3, 0.4) is 0 Å². The molecule has 2 fully saturated rings. The number of halogens is 2. The van der Waals surface area contributed by atoms with Crippen LogP contribution in [0.2, 0.25) is 0 Å². The Morgan fingerprint density at radius 2 is 1.90 bits per heavy atom. The standard InChI is InChI=1S/C22H27FN4O2.HI/c1-2-24-21(25-16-22(8-9-22)17-5-3-6-18(23)15-17)27-12-10-26(11-13-27)20(28)19-7-4-14-29-19;/h3-7,14-15H,2,8-13,16H2,1H3,(H,24,25);1H. The summed E-state index contributed by atoms with van der Waals surface area (Å²) in [6.45, 7) is 6.14. The fourth-order valence-electron chi connectivity index (χ4n) is 3.84. The first-order valence-electron chi connectivity index (χ1n) is 10.2. The average Bonchev–Trinajstić information content (AvgIpc) is 3.34. The largest absolute Gasteiger partial charge is 0.459 e. The molecule has 0 unspecified atom stereocenters.